The highest BCUT2D eigenvalue weighted by Gasteiger charge is 2.48. The standard InChI is InChI=1S/C21H23ClO6/c1-28-14-5-2-11(3-6-14)8-13-9-12(4-7-16(13)22)17-18(24)15(10-23)19(25)21(27)20(17)26/h2-7,9,15,17,19-21,23,25-27H,8,10H2,1H3/t15-,17+,19+,20-,21-/m0/s1/i1D3. The van der Waals surface area contributed by atoms with Crippen molar-refractivity contribution in [3.05, 3.63) is 64.2 Å². The zero-order valence-corrected chi connectivity index (χ0v) is 15.6. The maximum absolute atomic E-state index is 12.7. The van der Waals surface area contributed by atoms with E-state index >= 15 is 0 Å². The number of hydrogen-bond donors (Lipinski definition) is 4. The quantitative estimate of drug-likeness (QED) is 0.593. The number of aliphatic hydroxyl groups is 4. The second-order valence-corrected chi connectivity index (χ2v) is 7.32. The van der Waals surface area contributed by atoms with Gasteiger partial charge >= 0.3 is 0 Å². The molecule has 2 aromatic carbocycles. The van der Waals surface area contributed by atoms with Gasteiger partial charge in [0.15, 0.2) is 5.78 Å². The molecule has 0 radical (unpaired) electrons. The number of methoxy groups -OCH3 is 1. The molecule has 1 aliphatic rings. The van der Waals surface area contributed by atoms with Crippen LogP contribution in [0.1, 0.15) is 26.7 Å². The highest BCUT2D eigenvalue weighted by atomic mass is 35.5. The SMILES string of the molecule is [2H]C([2H])([2H])Oc1ccc(Cc2cc([C@@H]3C(=O)[C@H](CO)[C@@H](O)[C@H](O)[C@H]3O)ccc2Cl)cc1. The molecule has 0 amide bonds. The van der Waals surface area contributed by atoms with Crippen molar-refractivity contribution in [1.29, 1.82) is 0 Å². The number of carbonyl (C=O) groups is 1. The molecule has 1 aliphatic carbocycles. The summed E-state index contributed by atoms with van der Waals surface area (Å²) in [6, 6.07) is 11.2. The van der Waals surface area contributed by atoms with Gasteiger partial charge in [-0.25, -0.2) is 0 Å². The Hall–Kier alpha value is -1.96. The first kappa shape index (κ1) is 16.9. The minimum absolute atomic E-state index is 0.196. The number of benzene rings is 2. The molecule has 28 heavy (non-hydrogen) atoms. The molecule has 5 atom stereocenters. The van der Waals surface area contributed by atoms with Crippen molar-refractivity contribution in [2.75, 3.05) is 13.6 Å². The zero-order valence-electron chi connectivity index (χ0n) is 17.8. The van der Waals surface area contributed by atoms with Crippen LogP contribution in [0.3, 0.4) is 0 Å². The smallest absolute Gasteiger partial charge is 0.151 e. The Kier molecular flexibility index (Phi) is 5.20. The van der Waals surface area contributed by atoms with Crippen molar-refractivity contribution >= 4 is 17.4 Å². The minimum Gasteiger partial charge on any atom is -0.497 e. The van der Waals surface area contributed by atoms with Gasteiger partial charge in [0.1, 0.15) is 11.9 Å². The molecule has 0 bridgehead atoms. The second kappa shape index (κ2) is 8.59. The number of hydrogen-bond acceptors (Lipinski definition) is 6. The van der Waals surface area contributed by atoms with Gasteiger partial charge in [-0.3, -0.25) is 4.79 Å². The van der Waals surface area contributed by atoms with E-state index in [4.69, 9.17) is 20.5 Å². The van der Waals surface area contributed by atoms with E-state index in [0.29, 0.717) is 22.6 Å². The lowest BCUT2D eigenvalue weighted by Gasteiger charge is -2.39. The van der Waals surface area contributed by atoms with Crippen LogP contribution in [-0.4, -0.2) is 58.2 Å². The van der Waals surface area contributed by atoms with Gasteiger partial charge in [0.25, 0.3) is 0 Å². The first-order valence-electron chi connectivity index (χ1n) is 10.3. The highest BCUT2D eigenvalue weighted by Crippen LogP contribution is 2.36. The van der Waals surface area contributed by atoms with E-state index in [9.17, 15) is 25.2 Å². The zero-order chi connectivity index (χ0) is 22.9. The Labute approximate surface area is 172 Å². The van der Waals surface area contributed by atoms with Gasteiger partial charge in [-0.1, -0.05) is 35.9 Å². The molecular formula is C21H23ClO6. The molecule has 1 fully saturated rings. The molecule has 0 aliphatic heterocycles. The van der Waals surface area contributed by atoms with E-state index in [0.717, 1.165) is 5.56 Å². The van der Waals surface area contributed by atoms with E-state index in [2.05, 4.69) is 0 Å². The van der Waals surface area contributed by atoms with E-state index < -0.39 is 49.6 Å². The molecule has 4 N–H and O–H groups in total. The van der Waals surface area contributed by atoms with Crippen molar-refractivity contribution < 1.29 is 34.1 Å². The summed E-state index contributed by atoms with van der Waals surface area (Å²) in [7, 11) is -2.54. The summed E-state index contributed by atoms with van der Waals surface area (Å²) in [5.41, 5.74) is 1.85. The Balaban J connectivity index is 1.86. The summed E-state index contributed by atoms with van der Waals surface area (Å²) >= 11 is 6.31. The minimum atomic E-state index is -2.54. The van der Waals surface area contributed by atoms with E-state index in [-0.39, 0.29) is 5.75 Å². The lowest BCUT2D eigenvalue weighted by Crippen LogP contribution is -2.56. The van der Waals surface area contributed by atoms with Gasteiger partial charge in [0, 0.05) is 5.02 Å². The number of Topliss-reactive ketones (excluding diaryl/α,β-unsaturated/α-hetero) is 1. The molecule has 7 heteroatoms. The Morgan fingerprint density at radius 3 is 2.43 bits per heavy atom. The van der Waals surface area contributed by atoms with Crippen LogP contribution in [0.2, 0.25) is 5.02 Å². The highest BCUT2D eigenvalue weighted by molar-refractivity contribution is 6.31. The largest absolute Gasteiger partial charge is 0.497 e. The van der Waals surface area contributed by atoms with Gasteiger partial charge in [0.2, 0.25) is 0 Å². The number of rotatable bonds is 5. The third-order valence-electron chi connectivity index (χ3n) is 5.19. The van der Waals surface area contributed by atoms with Crippen LogP contribution in [0.5, 0.6) is 5.75 Å². The molecular weight excluding hydrogens is 384 g/mol. The van der Waals surface area contributed by atoms with Gasteiger partial charge in [-0.05, 0) is 41.3 Å². The van der Waals surface area contributed by atoms with Crippen LogP contribution in [0.4, 0.5) is 0 Å². The maximum Gasteiger partial charge on any atom is 0.151 e. The molecule has 0 aromatic heterocycles. The van der Waals surface area contributed by atoms with Crippen molar-refractivity contribution in [2.24, 2.45) is 5.92 Å². The summed E-state index contributed by atoms with van der Waals surface area (Å²) in [5.74, 6) is -2.69. The molecule has 150 valence electrons. The summed E-state index contributed by atoms with van der Waals surface area (Å²) in [5, 5.41) is 40.4. The number of carbonyl (C=O) groups excluding carboxylic acids is 1. The molecule has 2 aromatic rings. The molecule has 6 nitrogen and oxygen atoms in total. The Morgan fingerprint density at radius 1 is 1.07 bits per heavy atom. The molecule has 0 spiro atoms. The van der Waals surface area contributed by atoms with Crippen molar-refractivity contribution in [3.63, 3.8) is 0 Å². The average molecular weight is 410 g/mol. The van der Waals surface area contributed by atoms with Crippen molar-refractivity contribution in [3.8, 4) is 5.75 Å². The van der Waals surface area contributed by atoms with E-state index in [1.165, 1.54) is 12.1 Å². The lowest BCUT2D eigenvalue weighted by atomic mass is 9.72. The van der Waals surface area contributed by atoms with Crippen LogP contribution in [-0.2, 0) is 11.2 Å². The normalized spacial score (nSPS) is 29.7. The first-order valence-corrected chi connectivity index (χ1v) is 9.14. The predicted molar refractivity (Wildman–Crippen MR) is 104 cm³/mol. The number of aliphatic hydroxyl groups excluding tert-OH is 4. The fraction of sp³-hybridized carbons (Fsp3) is 0.381. The number of ether oxygens (including phenoxy) is 1. The first-order chi connectivity index (χ1) is 14.5. The third kappa shape index (κ3) is 3.92. The van der Waals surface area contributed by atoms with Crippen LogP contribution >= 0.6 is 11.6 Å². The average Bonchev–Trinajstić information content (AvgIpc) is 2.69. The Bertz CT molecular complexity index is 934. The van der Waals surface area contributed by atoms with Crippen LogP contribution in [0.25, 0.3) is 0 Å². The molecule has 0 heterocycles. The van der Waals surface area contributed by atoms with Gasteiger partial charge in [-0.15, -0.1) is 0 Å². The van der Waals surface area contributed by atoms with E-state index in [1.807, 2.05) is 0 Å². The second-order valence-electron chi connectivity index (χ2n) is 6.91. The molecule has 3 rings (SSSR count). The Morgan fingerprint density at radius 2 is 1.79 bits per heavy atom. The summed E-state index contributed by atoms with van der Waals surface area (Å²) in [6.45, 7) is -0.647. The molecule has 0 unspecified atom stereocenters. The number of ketones is 1. The summed E-state index contributed by atoms with van der Waals surface area (Å²) in [6.07, 6.45) is -4.31. The lowest BCUT2D eigenvalue weighted by molar-refractivity contribution is -0.158. The monoisotopic (exact) mass is 409 g/mol. The van der Waals surface area contributed by atoms with Crippen LogP contribution < -0.4 is 4.74 Å². The molecule has 0 saturated heterocycles. The van der Waals surface area contributed by atoms with Crippen LogP contribution in [0.15, 0.2) is 42.5 Å². The number of halogens is 1. The topological polar surface area (TPSA) is 107 Å². The fourth-order valence-electron chi connectivity index (χ4n) is 3.58. The van der Waals surface area contributed by atoms with Crippen LogP contribution in [0, 0.1) is 5.92 Å². The van der Waals surface area contributed by atoms with Gasteiger partial charge in [0.05, 0.1) is 41.8 Å². The van der Waals surface area contributed by atoms with Crippen molar-refractivity contribution in [1.82, 2.24) is 0 Å². The van der Waals surface area contributed by atoms with Gasteiger partial charge in [-0.2, -0.15) is 0 Å². The maximum atomic E-state index is 12.7. The molecule has 1 saturated carbocycles. The summed E-state index contributed by atoms with van der Waals surface area (Å²) < 4.78 is 26.2. The fourth-order valence-corrected chi connectivity index (χ4v) is 3.77. The van der Waals surface area contributed by atoms with Gasteiger partial charge < -0.3 is 25.2 Å². The predicted octanol–water partition coefficient (Wildman–Crippen LogP) is 1.30. The summed E-state index contributed by atoms with van der Waals surface area (Å²) in [4.78, 5) is 12.7. The van der Waals surface area contributed by atoms with Crippen molar-refractivity contribution in [2.45, 2.75) is 30.7 Å². The third-order valence-corrected chi connectivity index (χ3v) is 5.56. The van der Waals surface area contributed by atoms with E-state index in [1.54, 1.807) is 30.3 Å².